The zero-order valence-corrected chi connectivity index (χ0v) is 11.5. The fourth-order valence-corrected chi connectivity index (χ4v) is 2.78. The normalized spacial score (nSPS) is 12.8. The second-order valence-electron chi connectivity index (χ2n) is 3.41. The summed E-state index contributed by atoms with van der Waals surface area (Å²) in [6.45, 7) is 0. The van der Waals surface area contributed by atoms with Gasteiger partial charge in [-0.2, -0.15) is 0 Å². The van der Waals surface area contributed by atoms with Crippen LogP contribution in [-0.2, 0) is 10.8 Å². The molecule has 0 aliphatic rings. The molecule has 0 bridgehead atoms. The molecule has 0 spiro atoms. The van der Waals surface area contributed by atoms with Gasteiger partial charge in [0, 0.05) is 17.2 Å². The molecule has 1 heterocycles. The fraction of sp³-hybridized carbons (Fsp3) is 0. The van der Waals surface area contributed by atoms with E-state index in [1.807, 2.05) is 0 Å². The Morgan fingerprint density at radius 1 is 1.11 bits per heavy atom. The summed E-state index contributed by atoms with van der Waals surface area (Å²) in [7, 11) is -1.30. The third-order valence-corrected chi connectivity index (χ3v) is 4.14. The quantitative estimate of drug-likeness (QED) is 0.796. The van der Waals surface area contributed by atoms with Crippen LogP contribution in [0.25, 0.3) is 6.08 Å². The smallest absolute Gasteiger partial charge is 0.136 e. The number of halogens is 2. The van der Waals surface area contributed by atoms with Gasteiger partial charge < -0.3 is 0 Å². The van der Waals surface area contributed by atoms with Crippen LogP contribution in [-0.4, -0.2) is 9.19 Å². The molecule has 0 fully saturated rings. The third-order valence-electron chi connectivity index (χ3n) is 2.21. The lowest BCUT2D eigenvalue weighted by Crippen LogP contribution is -1.87. The predicted octanol–water partition coefficient (Wildman–Crippen LogP) is 4.17. The molecule has 0 N–H and O–H groups in total. The van der Waals surface area contributed by atoms with Crippen molar-refractivity contribution in [2.24, 2.45) is 0 Å². The lowest BCUT2D eigenvalue weighted by Gasteiger charge is -2.00. The van der Waals surface area contributed by atoms with Gasteiger partial charge in [0.25, 0.3) is 0 Å². The molecule has 1 aromatic carbocycles. The minimum absolute atomic E-state index is 0.380. The van der Waals surface area contributed by atoms with E-state index in [0.717, 1.165) is 5.56 Å². The Hall–Kier alpha value is -1.16. The summed E-state index contributed by atoms with van der Waals surface area (Å²) in [6.07, 6.45) is 3.28. The number of rotatable bonds is 3. The van der Waals surface area contributed by atoms with Gasteiger partial charge in [-0.05, 0) is 24.3 Å². The van der Waals surface area contributed by atoms with Crippen LogP contribution in [0.1, 0.15) is 5.56 Å². The highest BCUT2D eigenvalue weighted by Crippen LogP contribution is 2.21. The van der Waals surface area contributed by atoms with Gasteiger partial charge >= 0.3 is 0 Å². The zero-order chi connectivity index (χ0) is 13.0. The highest BCUT2D eigenvalue weighted by molar-refractivity contribution is 7.88. The molecule has 0 aliphatic carbocycles. The SMILES string of the molecule is O=S(/C=C/c1cccnc1Cl)c1ccccc1Cl. The lowest BCUT2D eigenvalue weighted by molar-refractivity contribution is 0.688. The molecule has 5 heteroatoms. The number of hydrogen-bond acceptors (Lipinski definition) is 2. The predicted molar refractivity (Wildman–Crippen MR) is 76.1 cm³/mol. The molecule has 0 aliphatic heterocycles. The monoisotopic (exact) mass is 297 g/mol. The highest BCUT2D eigenvalue weighted by atomic mass is 35.5. The fourth-order valence-electron chi connectivity index (χ4n) is 1.34. The van der Waals surface area contributed by atoms with Crippen LogP contribution >= 0.6 is 23.2 Å². The summed E-state index contributed by atoms with van der Waals surface area (Å²) in [5.74, 6) is 0. The number of hydrogen-bond donors (Lipinski definition) is 0. The van der Waals surface area contributed by atoms with Crippen LogP contribution in [0.15, 0.2) is 52.9 Å². The van der Waals surface area contributed by atoms with E-state index in [-0.39, 0.29) is 0 Å². The average molecular weight is 298 g/mol. The molecule has 0 saturated heterocycles. The molecule has 2 rings (SSSR count). The van der Waals surface area contributed by atoms with Gasteiger partial charge in [0.2, 0.25) is 0 Å². The molecule has 1 aromatic heterocycles. The van der Waals surface area contributed by atoms with Gasteiger partial charge in [0.15, 0.2) is 0 Å². The van der Waals surface area contributed by atoms with Crippen LogP contribution in [0.5, 0.6) is 0 Å². The molecule has 18 heavy (non-hydrogen) atoms. The topological polar surface area (TPSA) is 30.0 Å². The van der Waals surface area contributed by atoms with Crippen molar-refractivity contribution in [3.05, 3.63) is 63.7 Å². The first kappa shape index (κ1) is 13.3. The summed E-state index contributed by atoms with van der Waals surface area (Å²) >= 11 is 11.9. The molecule has 2 aromatic rings. The van der Waals surface area contributed by atoms with E-state index in [0.29, 0.717) is 15.1 Å². The Balaban J connectivity index is 2.23. The second kappa shape index (κ2) is 6.14. The van der Waals surface area contributed by atoms with Crippen LogP contribution in [0.4, 0.5) is 0 Å². The van der Waals surface area contributed by atoms with Crippen molar-refractivity contribution in [3.63, 3.8) is 0 Å². The van der Waals surface area contributed by atoms with E-state index in [1.54, 1.807) is 54.1 Å². The van der Waals surface area contributed by atoms with Crippen LogP contribution in [0.2, 0.25) is 10.2 Å². The zero-order valence-electron chi connectivity index (χ0n) is 9.22. The van der Waals surface area contributed by atoms with E-state index in [1.165, 1.54) is 0 Å². The van der Waals surface area contributed by atoms with Crippen molar-refractivity contribution in [1.29, 1.82) is 0 Å². The maximum Gasteiger partial charge on any atom is 0.136 e. The van der Waals surface area contributed by atoms with E-state index in [2.05, 4.69) is 4.98 Å². The average Bonchev–Trinajstić information content (AvgIpc) is 2.38. The van der Waals surface area contributed by atoms with Crippen molar-refractivity contribution < 1.29 is 4.21 Å². The van der Waals surface area contributed by atoms with Gasteiger partial charge in [-0.15, -0.1) is 0 Å². The standard InChI is InChI=1S/C13H9Cl2NOS/c14-11-5-1-2-6-12(11)18(17)9-7-10-4-3-8-16-13(10)15/h1-9H/b9-7+. The Morgan fingerprint density at radius 3 is 2.61 bits per heavy atom. The van der Waals surface area contributed by atoms with Gasteiger partial charge in [-0.25, -0.2) is 9.19 Å². The Labute approximate surface area is 118 Å². The second-order valence-corrected chi connectivity index (χ2v) is 5.49. The van der Waals surface area contributed by atoms with Crippen LogP contribution in [0, 0.1) is 0 Å². The first-order chi connectivity index (χ1) is 8.68. The first-order valence-electron chi connectivity index (χ1n) is 5.12. The molecular weight excluding hydrogens is 289 g/mol. The molecular formula is C13H9Cl2NOS. The van der Waals surface area contributed by atoms with Crippen molar-refractivity contribution in [2.45, 2.75) is 4.90 Å². The first-order valence-corrected chi connectivity index (χ1v) is 7.09. The van der Waals surface area contributed by atoms with Gasteiger partial charge in [-0.3, -0.25) is 0 Å². The largest absolute Gasteiger partial charge is 0.250 e. The molecule has 92 valence electrons. The molecule has 1 unspecified atom stereocenters. The van der Waals surface area contributed by atoms with Crippen molar-refractivity contribution >= 4 is 40.1 Å². The van der Waals surface area contributed by atoms with Crippen molar-refractivity contribution in [2.75, 3.05) is 0 Å². The minimum Gasteiger partial charge on any atom is -0.250 e. The van der Waals surface area contributed by atoms with Crippen LogP contribution < -0.4 is 0 Å². The molecule has 1 atom stereocenters. The highest BCUT2D eigenvalue weighted by Gasteiger charge is 2.04. The summed E-state index contributed by atoms with van der Waals surface area (Å²) < 4.78 is 12.0. The van der Waals surface area contributed by atoms with E-state index >= 15 is 0 Å². The van der Waals surface area contributed by atoms with Gasteiger partial charge in [0.1, 0.15) is 5.15 Å². The summed E-state index contributed by atoms with van der Waals surface area (Å²) in [5, 5.41) is 2.41. The summed E-state index contributed by atoms with van der Waals surface area (Å²) in [5.41, 5.74) is 0.722. The van der Waals surface area contributed by atoms with E-state index < -0.39 is 10.8 Å². The summed E-state index contributed by atoms with van der Waals surface area (Å²) in [6, 6.07) is 10.6. The van der Waals surface area contributed by atoms with Crippen LogP contribution in [0.3, 0.4) is 0 Å². The number of pyridine rings is 1. The van der Waals surface area contributed by atoms with E-state index in [9.17, 15) is 4.21 Å². The van der Waals surface area contributed by atoms with Gasteiger partial charge in [0.05, 0.1) is 20.7 Å². The number of benzene rings is 1. The molecule has 0 radical (unpaired) electrons. The maximum atomic E-state index is 12.0. The maximum absolute atomic E-state index is 12.0. The van der Waals surface area contributed by atoms with Crippen molar-refractivity contribution in [1.82, 2.24) is 4.98 Å². The third kappa shape index (κ3) is 3.19. The Morgan fingerprint density at radius 2 is 1.89 bits per heavy atom. The number of aromatic nitrogens is 1. The summed E-state index contributed by atoms with van der Waals surface area (Å²) in [4.78, 5) is 4.52. The Kier molecular flexibility index (Phi) is 4.53. The van der Waals surface area contributed by atoms with Crippen molar-refractivity contribution in [3.8, 4) is 0 Å². The van der Waals surface area contributed by atoms with E-state index in [4.69, 9.17) is 23.2 Å². The molecule has 2 nitrogen and oxygen atoms in total. The lowest BCUT2D eigenvalue weighted by atomic mass is 10.3. The van der Waals surface area contributed by atoms with Gasteiger partial charge in [-0.1, -0.05) is 41.4 Å². The molecule has 0 saturated carbocycles. The Bertz CT molecular complexity index is 613. The number of nitrogens with zero attached hydrogens (tertiary/aromatic N) is 1. The minimum atomic E-state index is -1.30. The molecule has 0 amide bonds.